The van der Waals surface area contributed by atoms with Gasteiger partial charge in [0, 0.05) is 0 Å². The highest BCUT2D eigenvalue weighted by Crippen LogP contribution is 2.71. The number of aliphatic hydroxyl groups is 1. The van der Waals surface area contributed by atoms with Crippen molar-refractivity contribution < 1.29 is 5.11 Å². The Bertz CT molecular complexity index is 283. The van der Waals surface area contributed by atoms with Crippen LogP contribution in [0.3, 0.4) is 0 Å². The zero-order valence-corrected chi connectivity index (χ0v) is 10.3. The van der Waals surface area contributed by atoms with Crippen LogP contribution in [0.1, 0.15) is 52.9 Å². The summed E-state index contributed by atoms with van der Waals surface area (Å²) in [7, 11) is 0. The van der Waals surface area contributed by atoms with Crippen LogP contribution in [0, 0.1) is 28.6 Å². The SMILES string of the molecule is CC1CCC2C(C)(C)C3CC(O)CC12C3. The molecular formula is C14H24O. The van der Waals surface area contributed by atoms with Crippen molar-refractivity contribution in [2.75, 3.05) is 0 Å². The number of fused-ring (bicyclic) bond motifs is 1. The van der Waals surface area contributed by atoms with Gasteiger partial charge in [-0.25, -0.2) is 0 Å². The molecular weight excluding hydrogens is 184 g/mol. The van der Waals surface area contributed by atoms with Gasteiger partial charge in [-0.15, -0.1) is 0 Å². The smallest absolute Gasteiger partial charge is 0.0548 e. The second kappa shape index (κ2) is 2.80. The second-order valence-corrected chi connectivity index (χ2v) is 7.08. The van der Waals surface area contributed by atoms with Gasteiger partial charge in [0.2, 0.25) is 0 Å². The van der Waals surface area contributed by atoms with Crippen LogP contribution in [0.4, 0.5) is 0 Å². The van der Waals surface area contributed by atoms with Crippen LogP contribution in [-0.2, 0) is 0 Å². The fourth-order valence-corrected chi connectivity index (χ4v) is 5.46. The highest BCUT2D eigenvalue weighted by molar-refractivity contribution is 5.13. The van der Waals surface area contributed by atoms with E-state index >= 15 is 0 Å². The predicted octanol–water partition coefficient (Wildman–Crippen LogP) is 3.22. The summed E-state index contributed by atoms with van der Waals surface area (Å²) >= 11 is 0. The van der Waals surface area contributed by atoms with Gasteiger partial charge in [-0.05, 0) is 60.7 Å². The van der Waals surface area contributed by atoms with Crippen molar-refractivity contribution >= 4 is 0 Å². The normalized spacial score (nSPS) is 56.8. The molecule has 3 aliphatic carbocycles. The highest BCUT2D eigenvalue weighted by Gasteiger charge is 2.64. The minimum absolute atomic E-state index is 0.00595. The molecule has 1 heteroatoms. The largest absolute Gasteiger partial charge is 0.393 e. The molecule has 3 saturated carbocycles. The van der Waals surface area contributed by atoms with Crippen LogP contribution in [-0.4, -0.2) is 11.2 Å². The minimum Gasteiger partial charge on any atom is -0.393 e. The molecule has 0 aromatic carbocycles. The van der Waals surface area contributed by atoms with Gasteiger partial charge in [-0.1, -0.05) is 20.8 Å². The van der Waals surface area contributed by atoms with Gasteiger partial charge in [-0.2, -0.15) is 0 Å². The van der Waals surface area contributed by atoms with Gasteiger partial charge >= 0.3 is 0 Å². The highest BCUT2D eigenvalue weighted by atomic mass is 16.3. The lowest BCUT2D eigenvalue weighted by atomic mass is 9.67. The Hall–Kier alpha value is -0.0400. The van der Waals surface area contributed by atoms with Gasteiger partial charge in [0.15, 0.2) is 0 Å². The monoisotopic (exact) mass is 208 g/mol. The number of hydrogen-bond donors (Lipinski definition) is 1. The first-order chi connectivity index (χ1) is 6.97. The van der Waals surface area contributed by atoms with E-state index < -0.39 is 0 Å². The second-order valence-electron chi connectivity index (χ2n) is 7.08. The predicted molar refractivity (Wildman–Crippen MR) is 61.4 cm³/mol. The maximum atomic E-state index is 10.1. The average Bonchev–Trinajstić information content (AvgIpc) is 2.50. The molecule has 5 atom stereocenters. The van der Waals surface area contributed by atoms with Crippen LogP contribution in [0.5, 0.6) is 0 Å². The summed E-state index contributed by atoms with van der Waals surface area (Å²) in [6.45, 7) is 7.34. The summed E-state index contributed by atoms with van der Waals surface area (Å²) in [4.78, 5) is 0. The lowest BCUT2D eigenvalue weighted by Gasteiger charge is -2.39. The van der Waals surface area contributed by atoms with Gasteiger partial charge < -0.3 is 5.11 Å². The molecule has 0 aliphatic heterocycles. The summed E-state index contributed by atoms with van der Waals surface area (Å²) in [6.07, 6.45) is 6.37. The van der Waals surface area contributed by atoms with Gasteiger partial charge in [0.1, 0.15) is 0 Å². The van der Waals surface area contributed by atoms with E-state index in [4.69, 9.17) is 0 Å². The van der Waals surface area contributed by atoms with E-state index in [1.807, 2.05) is 0 Å². The van der Waals surface area contributed by atoms with E-state index in [0.29, 0.717) is 10.8 Å². The molecule has 0 aromatic rings. The molecule has 3 rings (SSSR count). The summed E-state index contributed by atoms with van der Waals surface area (Å²) in [5, 5.41) is 10.1. The molecule has 0 radical (unpaired) electrons. The van der Waals surface area contributed by atoms with Crippen molar-refractivity contribution in [2.24, 2.45) is 28.6 Å². The van der Waals surface area contributed by atoms with Gasteiger partial charge in [0.25, 0.3) is 0 Å². The van der Waals surface area contributed by atoms with E-state index in [1.165, 1.54) is 19.3 Å². The van der Waals surface area contributed by atoms with Crippen molar-refractivity contribution in [3.63, 3.8) is 0 Å². The topological polar surface area (TPSA) is 20.2 Å². The fourth-order valence-electron chi connectivity index (χ4n) is 5.46. The summed E-state index contributed by atoms with van der Waals surface area (Å²) in [6, 6.07) is 0. The Kier molecular flexibility index (Phi) is 1.89. The number of hydrogen-bond acceptors (Lipinski definition) is 1. The van der Waals surface area contributed by atoms with E-state index in [0.717, 1.165) is 30.6 Å². The zero-order valence-electron chi connectivity index (χ0n) is 10.3. The first-order valence-corrected chi connectivity index (χ1v) is 6.65. The molecule has 1 spiro atoms. The molecule has 5 unspecified atom stereocenters. The Labute approximate surface area is 93.3 Å². The third-order valence-corrected chi connectivity index (χ3v) is 6.31. The van der Waals surface area contributed by atoms with Gasteiger partial charge in [0.05, 0.1) is 6.10 Å². The van der Waals surface area contributed by atoms with E-state index in [-0.39, 0.29) is 6.10 Å². The maximum Gasteiger partial charge on any atom is 0.0548 e. The standard InChI is InChI=1S/C14H24O/c1-9-4-5-12-13(2,3)10-6-11(15)8-14(9,12)7-10/h9-12,15H,4-8H2,1-3H3. The van der Waals surface area contributed by atoms with Crippen LogP contribution < -0.4 is 0 Å². The summed E-state index contributed by atoms with van der Waals surface area (Å²) in [5.41, 5.74) is 1.01. The van der Waals surface area contributed by atoms with E-state index in [1.54, 1.807) is 0 Å². The summed E-state index contributed by atoms with van der Waals surface area (Å²) in [5.74, 6) is 2.53. The maximum absolute atomic E-state index is 10.1. The van der Waals surface area contributed by atoms with Crippen LogP contribution in [0.25, 0.3) is 0 Å². The Morgan fingerprint density at radius 2 is 1.87 bits per heavy atom. The molecule has 2 bridgehead atoms. The van der Waals surface area contributed by atoms with Gasteiger partial charge in [-0.3, -0.25) is 0 Å². The van der Waals surface area contributed by atoms with Crippen molar-refractivity contribution in [3.8, 4) is 0 Å². The molecule has 0 saturated heterocycles. The third-order valence-electron chi connectivity index (χ3n) is 6.31. The lowest BCUT2D eigenvalue weighted by molar-refractivity contribution is 0.0213. The van der Waals surface area contributed by atoms with Crippen molar-refractivity contribution in [1.82, 2.24) is 0 Å². The molecule has 0 amide bonds. The van der Waals surface area contributed by atoms with E-state index in [2.05, 4.69) is 20.8 Å². The first-order valence-electron chi connectivity index (χ1n) is 6.65. The van der Waals surface area contributed by atoms with Crippen LogP contribution in [0.15, 0.2) is 0 Å². The summed E-state index contributed by atoms with van der Waals surface area (Å²) < 4.78 is 0. The Morgan fingerprint density at radius 1 is 1.13 bits per heavy atom. The molecule has 3 fully saturated rings. The number of rotatable bonds is 0. The minimum atomic E-state index is -0.00595. The van der Waals surface area contributed by atoms with Crippen molar-refractivity contribution in [2.45, 2.75) is 59.0 Å². The van der Waals surface area contributed by atoms with Crippen LogP contribution in [0.2, 0.25) is 0 Å². The number of aliphatic hydroxyl groups excluding tert-OH is 1. The average molecular weight is 208 g/mol. The first kappa shape index (κ1) is 10.1. The molecule has 1 N–H and O–H groups in total. The quantitative estimate of drug-likeness (QED) is 0.648. The molecule has 1 nitrogen and oxygen atoms in total. The Morgan fingerprint density at radius 3 is 2.60 bits per heavy atom. The Balaban J connectivity index is 2.04. The van der Waals surface area contributed by atoms with Crippen molar-refractivity contribution in [3.05, 3.63) is 0 Å². The molecule has 0 aromatic heterocycles. The fraction of sp³-hybridized carbons (Fsp3) is 1.00. The zero-order chi connectivity index (χ0) is 10.8. The molecule has 15 heavy (non-hydrogen) atoms. The third kappa shape index (κ3) is 1.08. The molecule has 86 valence electrons. The lowest BCUT2D eigenvalue weighted by Crippen LogP contribution is -2.35. The van der Waals surface area contributed by atoms with Crippen LogP contribution >= 0.6 is 0 Å². The van der Waals surface area contributed by atoms with E-state index in [9.17, 15) is 5.11 Å². The molecule has 0 heterocycles. The van der Waals surface area contributed by atoms with Crippen molar-refractivity contribution in [1.29, 1.82) is 0 Å². The molecule has 3 aliphatic rings.